The highest BCUT2D eigenvalue weighted by Gasteiger charge is 2.28. The van der Waals surface area contributed by atoms with Gasteiger partial charge in [-0.05, 0) is 66.6 Å². The smallest absolute Gasteiger partial charge is 0.291 e. The molecule has 6 nitrogen and oxygen atoms in total. The van der Waals surface area contributed by atoms with E-state index in [9.17, 15) is 9.59 Å². The lowest BCUT2D eigenvalue weighted by atomic mass is 10.1. The topological polar surface area (TPSA) is 71.8 Å². The van der Waals surface area contributed by atoms with Gasteiger partial charge in [0.15, 0.2) is 5.76 Å². The molecule has 0 radical (unpaired) electrons. The van der Waals surface area contributed by atoms with E-state index in [-0.39, 0.29) is 24.1 Å². The van der Waals surface area contributed by atoms with Crippen LogP contribution in [0.1, 0.15) is 27.2 Å². The summed E-state index contributed by atoms with van der Waals surface area (Å²) in [6.07, 6.45) is 1.84. The zero-order valence-corrected chi connectivity index (χ0v) is 18.1. The summed E-state index contributed by atoms with van der Waals surface area (Å²) in [6, 6.07) is 24.3. The van der Waals surface area contributed by atoms with Gasteiger partial charge in [-0.2, -0.15) is 0 Å². The van der Waals surface area contributed by atoms with Crippen molar-refractivity contribution in [3.8, 4) is 11.5 Å². The number of carbonyl (C=O) groups is 2. The van der Waals surface area contributed by atoms with Gasteiger partial charge in [0.25, 0.3) is 5.91 Å². The SMILES string of the molecule is Cc1cccc(Oc2ccc(NC(=O)c3occc3CN3C(=O)Cc4ccccc43)cc2)c1. The third kappa shape index (κ3) is 4.36. The molecule has 0 atom stereocenters. The van der Waals surface area contributed by atoms with Crippen molar-refractivity contribution in [3.63, 3.8) is 0 Å². The van der Waals surface area contributed by atoms with Crippen LogP contribution in [-0.2, 0) is 17.8 Å². The minimum Gasteiger partial charge on any atom is -0.459 e. The first kappa shape index (κ1) is 20.6. The van der Waals surface area contributed by atoms with Crippen molar-refractivity contribution >= 4 is 23.2 Å². The molecule has 3 aromatic carbocycles. The maximum absolute atomic E-state index is 12.9. The fraction of sp³-hybridized carbons (Fsp3) is 0.111. The first-order chi connectivity index (χ1) is 16.1. The summed E-state index contributed by atoms with van der Waals surface area (Å²) in [5.74, 6) is 1.25. The normalized spacial score (nSPS) is 12.5. The molecule has 1 aromatic heterocycles. The summed E-state index contributed by atoms with van der Waals surface area (Å²) in [4.78, 5) is 27.1. The maximum atomic E-state index is 12.9. The second kappa shape index (κ2) is 8.67. The van der Waals surface area contributed by atoms with Gasteiger partial charge in [-0.25, -0.2) is 0 Å². The molecule has 0 saturated heterocycles. The van der Waals surface area contributed by atoms with Crippen LogP contribution < -0.4 is 15.0 Å². The molecule has 0 saturated carbocycles. The van der Waals surface area contributed by atoms with Crippen molar-refractivity contribution in [1.82, 2.24) is 0 Å². The third-order valence-electron chi connectivity index (χ3n) is 5.54. The summed E-state index contributed by atoms with van der Waals surface area (Å²) in [5.41, 5.74) is 4.24. The Morgan fingerprint density at radius 3 is 2.64 bits per heavy atom. The van der Waals surface area contributed by atoms with Gasteiger partial charge in [0.1, 0.15) is 11.5 Å². The van der Waals surface area contributed by atoms with Gasteiger partial charge in [-0.1, -0.05) is 30.3 Å². The number of ether oxygens (including phenoxy) is 1. The number of carbonyl (C=O) groups excluding carboxylic acids is 2. The van der Waals surface area contributed by atoms with E-state index in [1.54, 1.807) is 35.2 Å². The van der Waals surface area contributed by atoms with Gasteiger partial charge in [0, 0.05) is 16.9 Å². The molecule has 6 heteroatoms. The quantitative estimate of drug-likeness (QED) is 0.418. The van der Waals surface area contributed by atoms with E-state index in [1.807, 2.05) is 55.5 Å². The molecule has 0 spiro atoms. The predicted octanol–water partition coefficient (Wildman–Crippen LogP) is 5.72. The Bertz CT molecular complexity index is 1320. The number of fused-ring (bicyclic) bond motifs is 1. The molecular weight excluding hydrogens is 416 g/mol. The molecule has 164 valence electrons. The highest BCUT2D eigenvalue weighted by Crippen LogP contribution is 2.31. The van der Waals surface area contributed by atoms with Crippen LogP contribution in [0.15, 0.2) is 89.5 Å². The van der Waals surface area contributed by atoms with Gasteiger partial charge in [0.2, 0.25) is 5.91 Å². The van der Waals surface area contributed by atoms with Crippen LogP contribution in [0, 0.1) is 6.92 Å². The van der Waals surface area contributed by atoms with E-state index in [4.69, 9.17) is 9.15 Å². The number of amides is 2. The van der Waals surface area contributed by atoms with Crippen LogP contribution >= 0.6 is 0 Å². The number of para-hydroxylation sites is 1. The van der Waals surface area contributed by atoms with E-state index in [1.165, 1.54) is 6.26 Å². The monoisotopic (exact) mass is 438 g/mol. The van der Waals surface area contributed by atoms with E-state index in [0.717, 1.165) is 22.6 Å². The molecular formula is C27H22N2O4. The van der Waals surface area contributed by atoms with Crippen molar-refractivity contribution in [3.05, 3.63) is 108 Å². The number of hydrogen-bond acceptors (Lipinski definition) is 4. The second-order valence-corrected chi connectivity index (χ2v) is 7.96. The second-order valence-electron chi connectivity index (χ2n) is 7.96. The van der Waals surface area contributed by atoms with Crippen LogP contribution in [0.2, 0.25) is 0 Å². The minimum atomic E-state index is -0.373. The Labute approximate surface area is 191 Å². The lowest BCUT2D eigenvalue weighted by Crippen LogP contribution is -2.27. The number of nitrogens with one attached hydrogen (secondary N) is 1. The van der Waals surface area contributed by atoms with E-state index in [0.29, 0.717) is 23.4 Å². The van der Waals surface area contributed by atoms with Gasteiger partial charge in [0.05, 0.1) is 19.2 Å². The first-order valence-electron chi connectivity index (χ1n) is 10.7. The van der Waals surface area contributed by atoms with Crippen LogP contribution in [0.4, 0.5) is 11.4 Å². The molecule has 0 aliphatic carbocycles. The fourth-order valence-electron chi connectivity index (χ4n) is 3.93. The number of furan rings is 1. The van der Waals surface area contributed by atoms with E-state index >= 15 is 0 Å². The zero-order valence-electron chi connectivity index (χ0n) is 18.1. The average molecular weight is 438 g/mol. The predicted molar refractivity (Wildman–Crippen MR) is 126 cm³/mol. The zero-order chi connectivity index (χ0) is 22.8. The summed E-state index contributed by atoms with van der Waals surface area (Å²) < 4.78 is 11.3. The van der Waals surface area contributed by atoms with Gasteiger partial charge in [-0.15, -0.1) is 0 Å². The molecule has 5 rings (SSSR count). The third-order valence-corrected chi connectivity index (χ3v) is 5.54. The molecule has 1 aliphatic rings. The fourth-order valence-corrected chi connectivity index (χ4v) is 3.93. The van der Waals surface area contributed by atoms with Crippen LogP contribution in [0.5, 0.6) is 11.5 Å². The number of aryl methyl sites for hydroxylation is 1. The summed E-state index contributed by atoms with van der Waals surface area (Å²) in [6.45, 7) is 2.28. The number of nitrogens with zero attached hydrogens (tertiary/aromatic N) is 1. The highest BCUT2D eigenvalue weighted by molar-refractivity contribution is 6.04. The number of anilines is 2. The standard InChI is InChI=1S/C27H22N2O4/c1-18-5-4-7-23(15-18)33-22-11-9-21(10-12-22)28-27(31)26-20(13-14-32-26)17-29-24-8-3-2-6-19(24)16-25(29)30/h2-15H,16-17H2,1H3,(H,28,31). The number of benzene rings is 3. The first-order valence-corrected chi connectivity index (χ1v) is 10.7. The molecule has 1 N–H and O–H groups in total. The van der Waals surface area contributed by atoms with Crippen molar-refractivity contribution in [2.45, 2.75) is 19.9 Å². The summed E-state index contributed by atoms with van der Waals surface area (Å²) in [7, 11) is 0. The van der Waals surface area contributed by atoms with Crippen LogP contribution in [0.3, 0.4) is 0 Å². The largest absolute Gasteiger partial charge is 0.459 e. The van der Waals surface area contributed by atoms with E-state index < -0.39 is 0 Å². The Kier molecular flexibility index (Phi) is 5.40. The van der Waals surface area contributed by atoms with Crippen molar-refractivity contribution in [2.24, 2.45) is 0 Å². The molecule has 0 bridgehead atoms. The molecule has 4 aromatic rings. The number of hydrogen-bond donors (Lipinski definition) is 1. The lowest BCUT2D eigenvalue weighted by molar-refractivity contribution is -0.117. The van der Waals surface area contributed by atoms with E-state index in [2.05, 4.69) is 5.32 Å². The summed E-state index contributed by atoms with van der Waals surface area (Å²) in [5, 5.41) is 2.85. The minimum absolute atomic E-state index is 0.00737. The number of rotatable bonds is 6. The Hall–Kier alpha value is -4.32. The molecule has 0 fully saturated rings. The van der Waals surface area contributed by atoms with Gasteiger partial charge < -0.3 is 19.4 Å². The van der Waals surface area contributed by atoms with Gasteiger partial charge >= 0.3 is 0 Å². The molecule has 2 heterocycles. The van der Waals surface area contributed by atoms with Crippen LogP contribution in [-0.4, -0.2) is 11.8 Å². The van der Waals surface area contributed by atoms with Crippen molar-refractivity contribution in [2.75, 3.05) is 10.2 Å². The molecule has 1 aliphatic heterocycles. The van der Waals surface area contributed by atoms with Crippen molar-refractivity contribution in [1.29, 1.82) is 0 Å². The highest BCUT2D eigenvalue weighted by atomic mass is 16.5. The van der Waals surface area contributed by atoms with Crippen LogP contribution in [0.25, 0.3) is 0 Å². The Morgan fingerprint density at radius 1 is 1.00 bits per heavy atom. The average Bonchev–Trinajstić information content (AvgIpc) is 3.40. The van der Waals surface area contributed by atoms with Crippen molar-refractivity contribution < 1.29 is 18.7 Å². The lowest BCUT2D eigenvalue weighted by Gasteiger charge is -2.17. The Balaban J connectivity index is 1.27. The van der Waals surface area contributed by atoms with Gasteiger partial charge in [-0.3, -0.25) is 9.59 Å². The molecule has 2 amide bonds. The summed E-state index contributed by atoms with van der Waals surface area (Å²) >= 11 is 0. The molecule has 33 heavy (non-hydrogen) atoms. The molecule has 0 unspecified atom stereocenters. The Morgan fingerprint density at radius 2 is 1.82 bits per heavy atom. The maximum Gasteiger partial charge on any atom is 0.291 e.